The number of hydrogen-bond acceptors (Lipinski definition) is 3. The van der Waals surface area contributed by atoms with Crippen LogP contribution < -0.4 is 0 Å². The lowest BCUT2D eigenvalue weighted by Gasteiger charge is -2.16. The van der Waals surface area contributed by atoms with Crippen LogP contribution in [-0.4, -0.2) is 38.2 Å². The summed E-state index contributed by atoms with van der Waals surface area (Å²) in [7, 11) is 0. The number of nitrogens with zero attached hydrogens (tertiary/aromatic N) is 3. The van der Waals surface area contributed by atoms with E-state index < -0.39 is 11.9 Å². The quantitative estimate of drug-likeness (QED) is 0.919. The first kappa shape index (κ1) is 13.4. The molecule has 0 aliphatic carbocycles. The second-order valence-corrected chi connectivity index (χ2v) is 5.13. The molecule has 108 valence electrons. The van der Waals surface area contributed by atoms with Crippen LogP contribution in [0, 0.1) is 5.92 Å². The van der Waals surface area contributed by atoms with Gasteiger partial charge < -0.3 is 10.0 Å². The Labute approximate surface area is 121 Å². The van der Waals surface area contributed by atoms with Crippen molar-refractivity contribution in [1.82, 2.24) is 14.7 Å². The van der Waals surface area contributed by atoms with Crippen LogP contribution in [0.25, 0.3) is 5.69 Å². The second-order valence-electron chi connectivity index (χ2n) is 5.13. The molecular formula is C15H15N3O3. The number of aliphatic carboxylic acids is 1. The van der Waals surface area contributed by atoms with E-state index in [2.05, 4.69) is 5.10 Å². The van der Waals surface area contributed by atoms with Crippen LogP contribution >= 0.6 is 0 Å². The van der Waals surface area contributed by atoms with Gasteiger partial charge >= 0.3 is 5.97 Å². The van der Waals surface area contributed by atoms with Crippen LogP contribution in [0.3, 0.4) is 0 Å². The minimum Gasteiger partial charge on any atom is -0.481 e. The fraction of sp³-hybridized carbons (Fsp3) is 0.267. The lowest BCUT2D eigenvalue weighted by atomic mass is 10.1. The molecule has 0 bridgehead atoms. The molecule has 1 aromatic heterocycles. The average molecular weight is 285 g/mol. The van der Waals surface area contributed by atoms with Crippen LogP contribution in [0.4, 0.5) is 0 Å². The molecule has 2 heterocycles. The van der Waals surface area contributed by atoms with Crippen molar-refractivity contribution in [3.8, 4) is 5.69 Å². The van der Waals surface area contributed by atoms with Gasteiger partial charge in [0.25, 0.3) is 0 Å². The van der Waals surface area contributed by atoms with Crippen LogP contribution in [0.1, 0.15) is 12.0 Å². The van der Waals surface area contributed by atoms with Crippen molar-refractivity contribution in [2.24, 2.45) is 5.92 Å². The predicted octanol–water partition coefficient (Wildman–Crippen LogP) is 1.31. The molecule has 6 heteroatoms. The third kappa shape index (κ3) is 2.79. The Hall–Kier alpha value is -2.63. The number of amides is 1. The van der Waals surface area contributed by atoms with E-state index in [1.54, 1.807) is 15.8 Å². The van der Waals surface area contributed by atoms with Crippen LogP contribution in [0.15, 0.2) is 42.7 Å². The third-order valence-electron chi connectivity index (χ3n) is 3.64. The Morgan fingerprint density at radius 3 is 2.67 bits per heavy atom. The molecule has 1 fully saturated rings. The summed E-state index contributed by atoms with van der Waals surface area (Å²) >= 11 is 0. The normalized spacial score (nSPS) is 18.2. The molecule has 1 aromatic carbocycles. The number of carbonyl (C=O) groups is 2. The van der Waals surface area contributed by atoms with Crippen LogP contribution in [0.2, 0.25) is 0 Å². The van der Waals surface area contributed by atoms with Gasteiger partial charge in [0.05, 0.1) is 11.6 Å². The smallest absolute Gasteiger partial charge is 0.308 e. The molecule has 0 saturated carbocycles. The summed E-state index contributed by atoms with van der Waals surface area (Å²) in [6, 6.07) is 9.56. The maximum atomic E-state index is 11.8. The largest absolute Gasteiger partial charge is 0.481 e. The van der Waals surface area contributed by atoms with E-state index >= 15 is 0 Å². The van der Waals surface area contributed by atoms with Gasteiger partial charge in [0.15, 0.2) is 0 Å². The zero-order chi connectivity index (χ0) is 14.8. The standard InChI is InChI=1S/C15H15N3O3/c19-14-8-12(15(20)21)10-17(14)9-11-2-4-13(5-3-11)18-7-1-6-16-18/h1-7,12H,8-10H2,(H,20,21)/t12-/m0/s1. The zero-order valence-electron chi connectivity index (χ0n) is 11.3. The van der Waals surface area contributed by atoms with Crippen molar-refractivity contribution in [1.29, 1.82) is 0 Å². The number of aromatic nitrogens is 2. The zero-order valence-corrected chi connectivity index (χ0v) is 11.3. The van der Waals surface area contributed by atoms with E-state index in [1.807, 2.05) is 36.5 Å². The molecule has 0 spiro atoms. The van der Waals surface area contributed by atoms with Crippen molar-refractivity contribution in [2.45, 2.75) is 13.0 Å². The monoisotopic (exact) mass is 285 g/mol. The SMILES string of the molecule is O=C(O)[C@H]1CC(=O)N(Cc2ccc(-n3cccn3)cc2)C1. The summed E-state index contributed by atoms with van der Waals surface area (Å²) in [6.45, 7) is 0.733. The first-order valence-corrected chi connectivity index (χ1v) is 6.73. The maximum absolute atomic E-state index is 11.8. The molecule has 1 N–H and O–H groups in total. The highest BCUT2D eigenvalue weighted by Crippen LogP contribution is 2.20. The first-order valence-electron chi connectivity index (χ1n) is 6.73. The molecule has 21 heavy (non-hydrogen) atoms. The summed E-state index contributed by atoms with van der Waals surface area (Å²) < 4.78 is 1.76. The lowest BCUT2D eigenvalue weighted by Crippen LogP contribution is -2.25. The summed E-state index contributed by atoms with van der Waals surface area (Å²) in [5.41, 5.74) is 1.92. The minimum absolute atomic E-state index is 0.0979. The van der Waals surface area contributed by atoms with Crippen molar-refractivity contribution in [3.63, 3.8) is 0 Å². The van der Waals surface area contributed by atoms with Gasteiger partial charge in [0.1, 0.15) is 0 Å². The Kier molecular flexibility index (Phi) is 3.43. The van der Waals surface area contributed by atoms with Crippen LogP contribution in [-0.2, 0) is 16.1 Å². The van der Waals surface area contributed by atoms with Gasteiger partial charge in [-0.05, 0) is 23.8 Å². The second kappa shape index (κ2) is 5.40. The van der Waals surface area contributed by atoms with Gasteiger partial charge in [-0.3, -0.25) is 9.59 Å². The first-order chi connectivity index (χ1) is 10.1. The highest BCUT2D eigenvalue weighted by Gasteiger charge is 2.33. The number of carboxylic acids is 1. The van der Waals surface area contributed by atoms with Gasteiger partial charge in [-0.15, -0.1) is 0 Å². The van der Waals surface area contributed by atoms with Crippen molar-refractivity contribution in [2.75, 3.05) is 6.54 Å². The molecule has 1 aliphatic rings. The maximum Gasteiger partial charge on any atom is 0.308 e. The Morgan fingerprint density at radius 1 is 1.33 bits per heavy atom. The fourth-order valence-electron chi connectivity index (χ4n) is 2.49. The van der Waals surface area contributed by atoms with Gasteiger partial charge in [0.2, 0.25) is 5.91 Å². The summed E-state index contributed by atoms with van der Waals surface area (Å²) in [4.78, 5) is 24.3. The third-order valence-corrected chi connectivity index (χ3v) is 3.64. The van der Waals surface area contributed by atoms with Crippen molar-refractivity contribution >= 4 is 11.9 Å². The summed E-state index contributed by atoms with van der Waals surface area (Å²) in [5, 5.41) is 13.1. The summed E-state index contributed by atoms with van der Waals surface area (Å²) in [6.07, 6.45) is 3.67. The van der Waals surface area contributed by atoms with Gasteiger partial charge in [-0.25, -0.2) is 4.68 Å². The van der Waals surface area contributed by atoms with Crippen LogP contribution in [0.5, 0.6) is 0 Å². The molecule has 1 saturated heterocycles. The number of rotatable bonds is 4. The molecular weight excluding hydrogens is 270 g/mol. The van der Waals surface area contributed by atoms with Crippen molar-refractivity contribution in [3.05, 3.63) is 48.3 Å². The fourth-order valence-corrected chi connectivity index (χ4v) is 2.49. The van der Waals surface area contributed by atoms with Gasteiger partial charge in [0, 0.05) is 31.9 Å². The topological polar surface area (TPSA) is 75.4 Å². The van der Waals surface area contributed by atoms with Crippen molar-refractivity contribution < 1.29 is 14.7 Å². The molecule has 6 nitrogen and oxygen atoms in total. The molecule has 1 aliphatic heterocycles. The minimum atomic E-state index is -0.903. The number of carboxylic acid groups (broad SMARTS) is 1. The van der Waals surface area contributed by atoms with Gasteiger partial charge in [-0.1, -0.05) is 12.1 Å². The number of likely N-dealkylation sites (tertiary alicyclic amines) is 1. The van der Waals surface area contributed by atoms with E-state index in [0.29, 0.717) is 6.54 Å². The van der Waals surface area contributed by atoms with E-state index in [4.69, 9.17) is 5.11 Å². The van der Waals surface area contributed by atoms with Gasteiger partial charge in [-0.2, -0.15) is 5.10 Å². The predicted molar refractivity (Wildman–Crippen MR) is 74.7 cm³/mol. The van der Waals surface area contributed by atoms with E-state index in [-0.39, 0.29) is 18.9 Å². The molecule has 0 unspecified atom stereocenters. The highest BCUT2D eigenvalue weighted by molar-refractivity contribution is 5.86. The van der Waals surface area contributed by atoms with E-state index in [0.717, 1.165) is 11.3 Å². The highest BCUT2D eigenvalue weighted by atomic mass is 16.4. The van der Waals surface area contributed by atoms with E-state index in [9.17, 15) is 9.59 Å². The summed E-state index contributed by atoms with van der Waals surface area (Å²) in [5.74, 6) is -1.58. The molecule has 3 rings (SSSR count). The number of hydrogen-bond donors (Lipinski definition) is 1. The molecule has 1 amide bonds. The Morgan fingerprint density at radius 2 is 2.10 bits per heavy atom. The number of carbonyl (C=O) groups excluding carboxylic acids is 1. The Bertz CT molecular complexity index is 649. The van der Waals surface area contributed by atoms with E-state index in [1.165, 1.54) is 0 Å². The average Bonchev–Trinajstić information content (AvgIpc) is 3.10. The number of benzene rings is 1. The Balaban J connectivity index is 1.68. The lowest BCUT2D eigenvalue weighted by molar-refractivity contribution is -0.141. The molecule has 2 aromatic rings. The molecule has 1 atom stereocenters. The molecule has 0 radical (unpaired) electrons.